The Morgan fingerprint density at radius 3 is 1.77 bits per heavy atom. The molecule has 2 aliphatic rings. The number of amides is 1. The molecule has 2 aromatic heterocycles. The minimum Gasteiger partial charge on any atom is -0.488 e. The number of nitrogen functional groups attached to an aromatic ring is 1. The molecule has 6 rings (SSSR count). The topological polar surface area (TPSA) is 174 Å². The molecule has 40 heavy (non-hydrogen) atoms. The van der Waals surface area contributed by atoms with Crippen LogP contribution >= 0.6 is 12.4 Å². The highest BCUT2D eigenvalue weighted by Gasteiger charge is 2.21. The molecule has 2 aromatic carbocycles. The Balaban J connectivity index is 0.000000182. The van der Waals surface area contributed by atoms with E-state index in [-0.39, 0.29) is 29.4 Å². The van der Waals surface area contributed by atoms with Gasteiger partial charge in [0.1, 0.15) is 36.3 Å². The fourth-order valence-corrected chi connectivity index (χ4v) is 4.27. The molecule has 1 amide bonds. The van der Waals surface area contributed by atoms with Crippen molar-refractivity contribution in [3.63, 3.8) is 0 Å². The molecule has 12 heteroatoms. The van der Waals surface area contributed by atoms with Crippen molar-refractivity contribution >= 4 is 41.9 Å². The molecule has 5 N–H and O–H groups in total. The summed E-state index contributed by atoms with van der Waals surface area (Å²) in [6, 6.07) is 13.1. The fourth-order valence-electron chi connectivity index (χ4n) is 4.27. The highest BCUT2D eigenvalue weighted by molar-refractivity contribution is 5.92. The third-order valence-corrected chi connectivity index (χ3v) is 6.10. The molecule has 204 valence electrons. The number of ether oxygens (including phenoxy) is 2. The first kappa shape index (κ1) is 27.9. The van der Waals surface area contributed by atoms with E-state index in [0.717, 1.165) is 33.4 Å². The number of rotatable bonds is 3. The number of anilines is 2. The Morgan fingerprint density at radius 1 is 0.775 bits per heavy atom. The molecule has 0 spiro atoms. The number of carbonyl (C=O) groups is 3. The second-order valence-corrected chi connectivity index (χ2v) is 8.78. The minimum atomic E-state index is -0.999. The molecule has 0 radical (unpaired) electrons. The number of aromatic carboxylic acids is 2. The van der Waals surface area contributed by atoms with Gasteiger partial charge < -0.3 is 30.7 Å². The van der Waals surface area contributed by atoms with Gasteiger partial charge in [0.2, 0.25) is 5.91 Å². The molecule has 0 saturated heterocycles. The van der Waals surface area contributed by atoms with E-state index in [1.807, 2.05) is 0 Å². The van der Waals surface area contributed by atoms with E-state index in [2.05, 4.69) is 15.3 Å². The molecule has 0 fully saturated rings. The summed E-state index contributed by atoms with van der Waals surface area (Å²) < 4.78 is 11.1. The number of fused-ring (bicyclic) bond motifs is 6. The van der Waals surface area contributed by atoms with Gasteiger partial charge in [0.25, 0.3) is 0 Å². The van der Waals surface area contributed by atoms with Gasteiger partial charge in [-0.3, -0.25) is 4.79 Å². The van der Waals surface area contributed by atoms with Crippen LogP contribution in [-0.4, -0.2) is 38.0 Å². The maximum atomic E-state index is 11.1. The summed E-state index contributed by atoms with van der Waals surface area (Å²) in [6.07, 6.45) is 3.33. The Labute approximate surface area is 234 Å². The third kappa shape index (κ3) is 5.64. The first-order valence-corrected chi connectivity index (χ1v) is 11.7. The lowest BCUT2D eigenvalue weighted by Gasteiger charge is -2.21. The van der Waals surface area contributed by atoms with Gasteiger partial charge in [-0.25, -0.2) is 19.6 Å². The van der Waals surface area contributed by atoms with Crippen molar-refractivity contribution in [2.24, 2.45) is 0 Å². The molecule has 4 heterocycles. The zero-order valence-corrected chi connectivity index (χ0v) is 21.8. The Morgan fingerprint density at radius 2 is 1.27 bits per heavy atom. The zero-order chi connectivity index (χ0) is 27.7. The molecule has 4 aromatic rings. The molecule has 2 aliphatic heterocycles. The van der Waals surface area contributed by atoms with E-state index in [9.17, 15) is 14.4 Å². The van der Waals surface area contributed by atoms with Crippen molar-refractivity contribution in [3.05, 3.63) is 83.2 Å². The van der Waals surface area contributed by atoms with Gasteiger partial charge in [-0.05, 0) is 59.7 Å². The summed E-state index contributed by atoms with van der Waals surface area (Å²) in [6.45, 7) is 2.11. The zero-order valence-electron chi connectivity index (χ0n) is 21.0. The predicted molar refractivity (Wildman–Crippen MR) is 148 cm³/mol. The van der Waals surface area contributed by atoms with Crippen LogP contribution in [0.1, 0.15) is 38.8 Å². The highest BCUT2D eigenvalue weighted by atomic mass is 35.5. The summed E-state index contributed by atoms with van der Waals surface area (Å²) in [7, 11) is 0. The summed E-state index contributed by atoms with van der Waals surface area (Å²) in [5, 5.41) is 20.6. The number of nitrogens with one attached hydrogen (secondary N) is 1. The largest absolute Gasteiger partial charge is 0.488 e. The van der Waals surface area contributed by atoms with Crippen LogP contribution in [0, 0.1) is 0 Å². The number of benzene rings is 2. The number of carboxylic acids is 2. The lowest BCUT2D eigenvalue weighted by molar-refractivity contribution is -0.114. The van der Waals surface area contributed by atoms with Crippen LogP contribution < -0.4 is 20.5 Å². The van der Waals surface area contributed by atoms with Crippen molar-refractivity contribution in [2.75, 3.05) is 11.1 Å². The van der Waals surface area contributed by atoms with Crippen LogP contribution in [0.2, 0.25) is 0 Å². The molecule has 0 atom stereocenters. The van der Waals surface area contributed by atoms with Gasteiger partial charge in [-0.1, -0.05) is 0 Å². The van der Waals surface area contributed by atoms with Crippen LogP contribution in [0.4, 0.5) is 11.6 Å². The lowest BCUT2D eigenvalue weighted by atomic mass is 9.97. The van der Waals surface area contributed by atoms with Gasteiger partial charge >= 0.3 is 11.9 Å². The fraction of sp³-hybridized carbons (Fsp3) is 0.107. The number of hydrogen-bond donors (Lipinski definition) is 4. The number of nitrogens with two attached hydrogens (primary N) is 1. The van der Waals surface area contributed by atoms with Gasteiger partial charge in [0, 0.05) is 41.6 Å². The smallest absolute Gasteiger partial charge is 0.335 e. The van der Waals surface area contributed by atoms with Crippen molar-refractivity contribution in [1.82, 2.24) is 9.97 Å². The monoisotopic (exact) mass is 562 g/mol. The molecular formula is C28H23ClN4O7. The van der Waals surface area contributed by atoms with E-state index < -0.39 is 11.9 Å². The van der Waals surface area contributed by atoms with Crippen LogP contribution in [0.3, 0.4) is 0 Å². The molecule has 0 saturated carbocycles. The van der Waals surface area contributed by atoms with Gasteiger partial charge in [0.15, 0.2) is 0 Å². The second-order valence-electron chi connectivity index (χ2n) is 8.78. The third-order valence-electron chi connectivity index (χ3n) is 6.10. The average molecular weight is 563 g/mol. The SMILES string of the molecule is CC(=O)Nc1cc2c(cn1)COc1cc(C(=O)O)ccc1-2.Cl.Nc1cc2c(cn1)COc1cc(C(=O)O)ccc1-2. The van der Waals surface area contributed by atoms with Crippen molar-refractivity contribution < 1.29 is 34.1 Å². The maximum absolute atomic E-state index is 11.1. The number of hydrogen-bond acceptors (Lipinski definition) is 8. The number of nitrogens with zero attached hydrogens (tertiary/aromatic N) is 2. The van der Waals surface area contributed by atoms with E-state index in [1.54, 1.807) is 42.7 Å². The number of pyridine rings is 2. The summed E-state index contributed by atoms with van der Waals surface area (Å²) in [5.41, 5.74) is 11.3. The van der Waals surface area contributed by atoms with Crippen molar-refractivity contribution in [1.29, 1.82) is 0 Å². The standard InChI is InChI=1S/C15H12N2O4.C13H10N2O3.ClH/c1-8(18)17-14-5-12-10(6-16-14)7-21-13-4-9(15(19)20)2-3-11(12)13;14-12-4-10-8(5-15-12)6-18-11-3-7(13(16)17)1-2-9(10)11;/h2-6H,7H2,1H3,(H,19,20)(H,16,17,18);1-5H,6H2,(H2,14,15)(H,16,17);1H. The first-order chi connectivity index (χ1) is 18.7. The van der Waals surface area contributed by atoms with Crippen molar-refractivity contribution in [3.8, 4) is 33.8 Å². The number of aromatic nitrogens is 2. The van der Waals surface area contributed by atoms with Crippen LogP contribution in [0.15, 0.2) is 60.9 Å². The Kier molecular flexibility index (Phi) is 7.87. The number of halogens is 1. The summed E-state index contributed by atoms with van der Waals surface area (Å²) >= 11 is 0. The normalized spacial score (nSPS) is 11.7. The minimum absolute atomic E-state index is 0. The Bertz CT molecular complexity index is 1660. The lowest BCUT2D eigenvalue weighted by Crippen LogP contribution is -2.11. The maximum Gasteiger partial charge on any atom is 0.335 e. The number of carboxylic acid groups (broad SMARTS) is 2. The van der Waals surface area contributed by atoms with Gasteiger partial charge in [0.05, 0.1) is 11.1 Å². The molecule has 0 unspecified atom stereocenters. The van der Waals surface area contributed by atoms with E-state index >= 15 is 0 Å². The molecular weight excluding hydrogens is 540 g/mol. The summed E-state index contributed by atoms with van der Waals surface area (Å²) in [5.74, 6) is -0.200. The van der Waals surface area contributed by atoms with Crippen LogP contribution in [0.5, 0.6) is 11.5 Å². The van der Waals surface area contributed by atoms with Crippen LogP contribution in [0.25, 0.3) is 22.3 Å². The number of carbonyl (C=O) groups excluding carboxylic acids is 1. The quantitative estimate of drug-likeness (QED) is 0.275. The Hall–Kier alpha value is -5.16. The summed E-state index contributed by atoms with van der Waals surface area (Å²) in [4.78, 5) is 41.2. The first-order valence-electron chi connectivity index (χ1n) is 11.7. The van der Waals surface area contributed by atoms with E-state index in [1.165, 1.54) is 25.1 Å². The van der Waals surface area contributed by atoms with E-state index in [0.29, 0.717) is 36.3 Å². The van der Waals surface area contributed by atoms with Crippen LogP contribution in [-0.2, 0) is 18.0 Å². The van der Waals surface area contributed by atoms with Crippen molar-refractivity contribution in [2.45, 2.75) is 20.1 Å². The molecule has 0 aliphatic carbocycles. The second kappa shape index (κ2) is 11.3. The highest BCUT2D eigenvalue weighted by Crippen LogP contribution is 2.39. The molecule has 11 nitrogen and oxygen atoms in total. The van der Waals surface area contributed by atoms with Gasteiger partial charge in [-0.15, -0.1) is 12.4 Å². The molecule has 0 bridgehead atoms. The van der Waals surface area contributed by atoms with Gasteiger partial charge in [-0.2, -0.15) is 0 Å². The predicted octanol–water partition coefficient (Wildman–Crippen LogP) is 4.64. The van der Waals surface area contributed by atoms with E-state index in [4.69, 9.17) is 25.4 Å². The average Bonchev–Trinajstić information content (AvgIpc) is 2.92.